The average Bonchev–Trinajstić information content (AvgIpc) is 2.47. The molecule has 3 nitrogen and oxygen atoms in total. The molecule has 1 aromatic carbocycles. The topological polar surface area (TPSA) is 49.9 Å². The molecule has 14 heavy (non-hydrogen) atoms. The van der Waals surface area contributed by atoms with E-state index in [0.717, 1.165) is 10.4 Å². The molecule has 1 heterocycles. The third-order valence-corrected chi connectivity index (χ3v) is 3.56. The van der Waals surface area contributed by atoms with Gasteiger partial charge in [-0.15, -0.1) is 12.6 Å². The first-order valence-corrected chi connectivity index (χ1v) is 6.33. The van der Waals surface area contributed by atoms with Crippen molar-refractivity contribution in [3.8, 4) is 0 Å². The van der Waals surface area contributed by atoms with Crippen molar-refractivity contribution in [2.45, 2.75) is 9.79 Å². The Labute approximate surface area is 87.5 Å². The van der Waals surface area contributed by atoms with E-state index in [-0.39, 0.29) is 0 Å². The Morgan fingerprint density at radius 1 is 1.36 bits per heavy atom. The Balaban J connectivity index is 2.90. The number of aromatic amines is 1. The molecule has 2 rings (SSSR count). The summed E-state index contributed by atoms with van der Waals surface area (Å²) in [6, 6.07) is 5.36. The van der Waals surface area contributed by atoms with Crippen LogP contribution in [0.4, 0.5) is 0 Å². The zero-order valence-corrected chi connectivity index (χ0v) is 9.19. The van der Waals surface area contributed by atoms with Gasteiger partial charge in [0, 0.05) is 22.7 Å². The van der Waals surface area contributed by atoms with Crippen molar-refractivity contribution in [1.82, 2.24) is 4.98 Å². The Morgan fingerprint density at radius 2 is 2.07 bits per heavy atom. The number of H-pyrrole nitrogens is 1. The molecular formula is C9H9NO2S2. The SMILES string of the molecule is CS(=O)(=O)c1c[nH]c2c(S)cccc12. The molecule has 2 aromatic rings. The minimum absolute atomic E-state index is 0.323. The highest BCUT2D eigenvalue weighted by Gasteiger charge is 2.13. The van der Waals surface area contributed by atoms with E-state index < -0.39 is 9.84 Å². The molecule has 74 valence electrons. The lowest BCUT2D eigenvalue weighted by molar-refractivity contribution is 0.602. The maximum atomic E-state index is 11.4. The van der Waals surface area contributed by atoms with E-state index in [1.54, 1.807) is 12.1 Å². The summed E-state index contributed by atoms with van der Waals surface area (Å²) in [5.41, 5.74) is 0.760. The van der Waals surface area contributed by atoms with E-state index in [1.807, 2.05) is 6.07 Å². The second-order valence-corrected chi connectivity index (χ2v) is 5.59. The molecule has 0 aliphatic carbocycles. The maximum Gasteiger partial charge on any atom is 0.177 e. The lowest BCUT2D eigenvalue weighted by Crippen LogP contribution is -1.94. The summed E-state index contributed by atoms with van der Waals surface area (Å²) in [4.78, 5) is 3.98. The third-order valence-electron chi connectivity index (χ3n) is 2.05. The molecule has 5 heteroatoms. The number of thiol groups is 1. The summed E-state index contributed by atoms with van der Waals surface area (Å²) in [7, 11) is -3.17. The zero-order valence-electron chi connectivity index (χ0n) is 7.48. The molecule has 0 atom stereocenters. The fourth-order valence-corrected chi connectivity index (χ4v) is 2.53. The molecule has 0 radical (unpaired) electrons. The number of fused-ring (bicyclic) bond motifs is 1. The van der Waals surface area contributed by atoms with Crippen molar-refractivity contribution in [2.24, 2.45) is 0 Å². The van der Waals surface area contributed by atoms with Crippen molar-refractivity contribution >= 4 is 33.4 Å². The van der Waals surface area contributed by atoms with E-state index in [9.17, 15) is 8.42 Å². The van der Waals surface area contributed by atoms with Crippen LogP contribution in [0, 0.1) is 0 Å². The van der Waals surface area contributed by atoms with Crippen molar-refractivity contribution in [2.75, 3.05) is 6.26 Å². The summed E-state index contributed by atoms with van der Waals surface area (Å²) >= 11 is 4.23. The van der Waals surface area contributed by atoms with Crippen LogP contribution >= 0.6 is 12.6 Å². The number of sulfone groups is 1. The molecule has 1 aromatic heterocycles. The largest absolute Gasteiger partial charge is 0.359 e. The van der Waals surface area contributed by atoms with Crippen molar-refractivity contribution in [1.29, 1.82) is 0 Å². The average molecular weight is 227 g/mol. The first-order chi connectivity index (χ1) is 6.50. The van der Waals surface area contributed by atoms with Gasteiger partial charge in [0.15, 0.2) is 9.84 Å². The fourth-order valence-electron chi connectivity index (χ4n) is 1.42. The minimum Gasteiger partial charge on any atom is -0.359 e. The number of para-hydroxylation sites is 1. The van der Waals surface area contributed by atoms with Gasteiger partial charge in [-0.1, -0.05) is 12.1 Å². The van der Waals surface area contributed by atoms with Gasteiger partial charge in [-0.2, -0.15) is 0 Å². The van der Waals surface area contributed by atoms with Gasteiger partial charge >= 0.3 is 0 Å². The Morgan fingerprint density at radius 3 is 2.71 bits per heavy atom. The molecule has 0 saturated heterocycles. The predicted octanol–water partition coefficient (Wildman–Crippen LogP) is 1.86. The lowest BCUT2D eigenvalue weighted by atomic mass is 10.2. The van der Waals surface area contributed by atoms with Gasteiger partial charge in [-0.25, -0.2) is 8.42 Å². The highest BCUT2D eigenvalue weighted by Crippen LogP contribution is 2.26. The van der Waals surface area contributed by atoms with Gasteiger partial charge in [0.05, 0.1) is 10.4 Å². The van der Waals surface area contributed by atoms with Crippen LogP contribution in [-0.2, 0) is 9.84 Å². The molecule has 0 amide bonds. The summed E-state index contributed by atoms with van der Waals surface area (Å²) in [5.74, 6) is 0. The highest BCUT2D eigenvalue weighted by molar-refractivity contribution is 7.91. The minimum atomic E-state index is -3.17. The van der Waals surface area contributed by atoms with Gasteiger partial charge in [0.1, 0.15) is 0 Å². The molecule has 0 aliphatic rings. The van der Waals surface area contributed by atoms with Crippen LogP contribution in [0.5, 0.6) is 0 Å². The Hall–Kier alpha value is -0.940. The van der Waals surface area contributed by atoms with E-state index in [2.05, 4.69) is 17.6 Å². The normalized spacial score (nSPS) is 12.1. The van der Waals surface area contributed by atoms with Gasteiger partial charge in [-0.05, 0) is 6.07 Å². The van der Waals surface area contributed by atoms with Crippen LogP contribution in [0.25, 0.3) is 10.9 Å². The van der Waals surface area contributed by atoms with Gasteiger partial charge in [0.2, 0.25) is 0 Å². The van der Waals surface area contributed by atoms with Crippen molar-refractivity contribution in [3.05, 3.63) is 24.4 Å². The molecule has 0 bridgehead atoms. The van der Waals surface area contributed by atoms with Gasteiger partial charge in [0.25, 0.3) is 0 Å². The smallest absolute Gasteiger partial charge is 0.177 e. The molecule has 0 spiro atoms. The highest BCUT2D eigenvalue weighted by atomic mass is 32.2. The molecule has 0 unspecified atom stereocenters. The summed E-state index contributed by atoms with van der Waals surface area (Å²) in [5, 5.41) is 0.694. The Bertz CT molecular complexity index is 584. The van der Waals surface area contributed by atoms with Crippen LogP contribution < -0.4 is 0 Å². The van der Waals surface area contributed by atoms with Gasteiger partial charge < -0.3 is 4.98 Å². The van der Waals surface area contributed by atoms with Crippen LogP contribution in [0.2, 0.25) is 0 Å². The van der Waals surface area contributed by atoms with Gasteiger partial charge in [-0.3, -0.25) is 0 Å². The molecule has 0 saturated carbocycles. The number of hydrogen-bond acceptors (Lipinski definition) is 3. The van der Waals surface area contributed by atoms with Crippen LogP contribution in [-0.4, -0.2) is 19.7 Å². The van der Waals surface area contributed by atoms with E-state index >= 15 is 0 Å². The second kappa shape index (κ2) is 3.03. The Kier molecular flexibility index (Phi) is 2.08. The quantitative estimate of drug-likeness (QED) is 0.731. The van der Waals surface area contributed by atoms with Crippen LogP contribution in [0.1, 0.15) is 0 Å². The summed E-state index contributed by atoms with van der Waals surface area (Å²) in [6.45, 7) is 0. The van der Waals surface area contributed by atoms with E-state index in [0.29, 0.717) is 10.3 Å². The third kappa shape index (κ3) is 1.42. The monoisotopic (exact) mass is 227 g/mol. The second-order valence-electron chi connectivity index (χ2n) is 3.12. The number of hydrogen-bond donors (Lipinski definition) is 2. The molecular weight excluding hydrogens is 218 g/mol. The zero-order chi connectivity index (χ0) is 10.3. The summed E-state index contributed by atoms with van der Waals surface area (Å²) < 4.78 is 22.7. The van der Waals surface area contributed by atoms with Crippen LogP contribution in [0.3, 0.4) is 0 Å². The number of nitrogens with one attached hydrogen (secondary N) is 1. The fraction of sp³-hybridized carbons (Fsp3) is 0.111. The number of benzene rings is 1. The molecule has 0 aliphatic heterocycles. The number of aromatic nitrogens is 1. The standard InChI is InChI=1S/C9H9NO2S2/c1-14(11,12)8-5-10-9-6(8)3-2-4-7(9)13/h2-5,10,13H,1H3. The van der Waals surface area contributed by atoms with Crippen LogP contribution in [0.15, 0.2) is 34.2 Å². The van der Waals surface area contributed by atoms with Crippen molar-refractivity contribution < 1.29 is 8.42 Å². The molecule has 1 N–H and O–H groups in total. The van der Waals surface area contributed by atoms with E-state index in [1.165, 1.54) is 12.5 Å². The first kappa shape index (κ1) is 9.61. The first-order valence-electron chi connectivity index (χ1n) is 3.99. The van der Waals surface area contributed by atoms with E-state index in [4.69, 9.17) is 0 Å². The maximum absolute atomic E-state index is 11.4. The lowest BCUT2D eigenvalue weighted by Gasteiger charge is -1.96. The molecule has 0 fully saturated rings. The summed E-state index contributed by atoms with van der Waals surface area (Å²) in [6.07, 6.45) is 2.69. The number of rotatable bonds is 1. The van der Waals surface area contributed by atoms with Crippen molar-refractivity contribution in [3.63, 3.8) is 0 Å². The predicted molar refractivity (Wildman–Crippen MR) is 58.7 cm³/mol.